The van der Waals surface area contributed by atoms with Crippen LogP contribution >= 0.6 is 11.6 Å². The van der Waals surface area contributed by atoms with E-state index < -0.39 is 0 Å². The first-order chi connectivity index (χ1) is 10.1. The van der Waals surface area contributed by atoms with Crippen LogP contribution in [0.5, 0.6) is 0 Å². The Bertz CT molecular complexity index is 681. The molecule has 0 aliphatic carbocycles. The van der Waals surface area contributed by atoms with Gasteiger partial charge in [-0.2, -0.15) is 0 Å². The van der Waals surface area contributed by atoms with Crippen molar-refractivity contribution in [3.05, 3.63) is 40.5 Å². The number of amides is 1. The van der Waals surface area contributed by atoms with Gasteiger partial charge >= 0.3 is 0 Å². The summed E-state index contributed by atoms with van der Waals surface area (Å²) < 4.78 is 5.32. The van der Waals surface area contributed by atoms with Crippen molar-refractivity contribution in [2.45, 2.75) is 13.3 Å². The average molecular weight is 305 g/mol. The molecule has 4 nitrogen and oxygen atoms in total. The summed E-state index contributed by atoms with van der Waals surface area (Å²) in [7, 11) is 0. The van der Waals surface area contributed by atoms with E-state index in [1.165, 1.54) is 0 Å². The zero-order valence-electron chi connectivity index (χ0n) is 11.9. The van der Waals surface area contributed by atoms with Gasteiger partial charge in [0.2, 0.25) is 0 Å². The third kappa shape index (κ3) is 3.17. The minimum atomic E-state index is -0.0836. The Labute approximate surface area is 128 Å². The SMILES string of the molecule is Cc1cc(C(=O)NCC2CCOC2)c2cc(Cl)ccc2n1. The van der Waals surface area contributed by atoms with Gasteiger partial charge < -0.3 is 10.1 Å². The summed E-state index contributed by atoms with van der Waals surface area (Å²) in [4.78, 5) is 16.9. The number of benzene rings is 1. The summed E-state index contributed by atoms with van der Waals surface area (Å²) in [5.74, 6) is 0.325. The summed E-state index contributed by atoms with van der Waals surface area (Å²) in [5.41, 5.74) is 2.23. The molecule has 3 rings (SSSR count). The van der Waals surface area contributed by atoms with Crippen LogP contribution in [0.2, 0.25) is 5.02 Å². The van der Waals surface area contributed by atoms with Crippen molar-refractivity contribution >= 4 is 28.4 Å². The van der Waals surface area contributed by atoms with E-state index in [2.05, 4.69) is 10.3 Å². The van der Waals surface area contributed by atoms with Gasteiger partial charge in [0.05, 0.1) is 17.7 Å². The number of aromatic nitrogens is 1. The highest BCUT2D eigenvalue weighted by Gasteiger charge is 2.18. The van der Waals surface area contributed by atoms with Crippen molar-refractivity contribution in [2.75, 3.05) is 19.8 Å². The van der Waals surface area contributed by atoms with Crippen molar-refractivity contribution in [3.8, 4) is 0 Å². The van der Waals surface area contributed by atoms with Gasteiger partial charge in [-0.1, -0.05) is 11.6 Å². The van der Waals surface area contributed by atoms with Gasteiger partial charge in [-0.05, 0) is 37.6 Å². The number of nitrogens with zero attached hydrogens (tertiary/aromatic N) is 1. The molecule has 1 aromatic carbocycles. The van der Waals surface area contributed by atoms with Gasteiger partial charge in [0.15, 0.2) is 0 Å². The maximum absolute atomic E-state index is 12.5. The second-order valence-electron chi connectivity index (χ2n) is 5.41. The van der Waals surface area contributed by atoms with Crippen LogP contribution in [0.4, 0.5) is 0 Å². The van der Waals surface area contributed by atoms with E-state index in [4.69, 9.17) is 16.3 Å². The number of pyridine rings is 1. The highest BCUT2D eigenvalue weighted by atomic mass is 35.5. The van der Waals surface area contributed by atoms with Crippen LogP contribution in [0.15, 0.2) is 24.3 Å². The lowest BCUT2D eigenvalue weighted by atomic mass is 10.1. The van der Waals surface area contributed by atoms with Crippen molar-refractivity contribution in [2.24, 2.45) is 5.92 Å². The molecule has 0 spiro atoms. The molecule has 21 heavy (non-hydrogen) atoms. The van der Waals surface area contributed by atoms with E-state index in [0.29, 0.717) is 23.0 Å². The lowest BCUT2D eigenvalue weighted by Gasteiger charge is -2.12. The second-order valence-corrected chi connectivity index (χ2v) is 5.85. The standard InChI is InChI=1S/C16H17ClN2O2/c1-10-6-14(13-7-12(17)2-3-15(13)19-10)16(20)18-8-11-4-5-21-9-11/h2-3,6-7,11H,4-5,8-9H2,1H3,(H,18,20). The predicted molar refractivity (Wildman–Crippen MR) is 82.7 cm³/mol. The zero-order chi connectivity index (χ0) is 14.8. The number of rotatable bonds is 3. The number of carbonyl (C=O) groups excluding carboxylic acids is 1. The van der Waals surface area contributed by atoms with Gasteiger partial charge in [0.25, 0.3) is 5.91 Å². The van der Waals surface area contributed by atoms with Gasteiger partial charge in [-0.25, -0.2) is 0 Å². The number of fused-ring (bicyclic) bond motifs is 1. The zero-order valence-corrected chi connectivity index (χ0v) is 12.6. The number of carbonyl (C=O) groups is 1. The molecule has 1 saturated heterocycles. The fourth-order valence-corrected chi connectivity index (χ4v) is 2.77. The minimum Gasteiger partial charge on any atom is -0.381 e. The van der Waals surface area contributed by atoms with Crippen molar-refractivity contribution in [3.63, 3.8) is 0 Å². The van der Waals surface area contributed by atoms with Crippen LogP contribution < -0.4 is 5.32 Å². The Kier molecular flexibility index (Phi) is 4.08. The Morgan fingerprint density at radius 1 is 1.48 bits per heavy atom. The second kappa shape index (κ2) is 6.00. The number of halogens is 1. The topological polar surface area (TPSA) is 51.2 Å². The molecule has 1 fully saturated rings. The minimum absolute atomic E-state index is 0.0836. The first kappa shape index (κ1) is 14.3. The number of aryl methyl sites for hydroxylation is 1. The smallest absolute Gasteiger partial charge is 0.252 e. The van der Waals surface area contributed by atoms with Crippen LogP contribution in [0, 0.1) is 12.8 Å². The fraction of sp³-hybridized carbons (Fsp3) is 0.375. The molecule has 0 saturated carbocycles. The molecule has 1 atom stereocenters. The highest BCUT2D eigenvalue weighted by Crippen LogP contribution is 2.22. The third-order valence-electron chi connectivity index (χ3n) is 3.72. The van der Waals surface area contributed by atoms with Crippen LogP contribution in [-0.2, 0) is 4.74 Å². The molecule has 2 heterocycles. The Morgan fingerprint density at radius 2 is 2.33 bits per heavy atom. The molecule has 2 aromatic rings. The quantitative estimate of drug-likeness (QED) is 0.948. The predicted octanol–water partition coefficient (Wildman–Crippen LogP) is 2.96. The summed E-state index contributed by atoms with van der Waals surface area (Å²) in [6, 6.07) is 7.22. The van der Waals surface area contributed by atoms with E-state index in [0.717, 1.165) is 36.2 Å². The van der Waals surface area contributed by atoms with Crippen LogP contribution in [0.1, 0.15) is 22.5 Å². The number of hydrogen-bond donors (Lipinski definition) is 1. The molecule has 110 valence electrons. The molecule has 1 aromatic heterocycles. The van der Waals surface area contributed by atoms with E-state index in [9.17, 15) is 4.79 Å². The average Bonchev–Trinajstić information content (AvgIpc) is 2.97. The molecule has 1 unspecified atom stereocenters. The highest BCUT2D eigenvalue weighted by molar-refractivity contribution is 6.31. The lowest BCUT2D eigenvalue weighted by molar-refractivity contribution is 0.0946. The Hall–Kier alpha value is -1.65. The molecule has 5 heteroatoms. The maximum Gasteiger partial charge on any atom is 0.252 e. The van der Waals surface area contributed by atoms with Gasteiger partial charge in [-0.3, -0.25) is 9.78 Å². The van der Waals surface area contributed by atoms with E-state index in [1.807, 2.05) is 13.0 Å². The van der Waals surface area contributed by atoms with Gasteiger partial charge in [0, 0.05) is 35.2 Å². The van der Waals surface area contributed by atoms with Crippen molar-refractivity contribution in [1.82, 2.24) is 10.3 Å². The number of nitrogens with one attached hydrogen (secondary N) is 1. The van der Waals surface area contributed by atoms with Crippen molar-refractivity contribution < 1.29 is 9.53 Å². The first-order valence-corrected chi connectivity index (χ1v) is 7.44. The summed E-state index contributed by atoms with van der Waals surface area (Å²) in [6.45, 7) is 4.04. The normalized spacial score (nSPS) is 18.1. The number of ether oxygens (including phenoxy) is 1. The monoisotopic (exact) mass is 304 g/mol. The maximum atomic E-state index is 12.5. The molecule has 1 amide bonds. The molecular formula is C16H17ClN2O2. The molecule has 0 radical (unpaired) electrons. The molecule has 1 N–H and O–H groups in total. The molecule has 0 bridgehead atoms. The third-order valence-corrected chi connectivity index (χ3v) is 3.95. The molecule has 1 aliphatic heterocycles. The molecule has 1 aliphatic rings. The van der Waals surface area contributed by atoms with Crippen LogP contribution in [0.3, 0.4) is 0 Å². The largest absolute Gasteiger partial charge is 0.381 e. The van der Waals surface area contributed by atoms with Gasteiger partial charge in [0.1, 0.15) is 0 Å². The summed E-state index contributed by atoms with van der Waals surface area (Å²) >= 11 is 6.04. The molecular weight excluding hydrogens is 288 g/mol. The summed E-state index contributed by atoms with van der Waals surface area (Å²) in [5, 5.41) is 4.38. The van der Waals surface area contributed by atoms with E-state index in [1.54, 1.807) is 18.2 Å². The number of hydrogen-bond acceptors (Lipinski definition) is 3. The van der Waals surface area contributed by atoms with Crippen LogP contribution in [0.25, 0.3) is 10.9 Å². The van der Waals surface area contributed by atoms with Gasteiger partial charge in [-0.15, -0.1) is 0 Å². The lowest BCUT2D eigenvalue weighted by Crippen LogP contribution is -2.29. The van der Waals surface area contributed by atoms with E-state index >= 15 is 0 Å². The van der Waals surface area contributed by atoms with Crippen molar-refractivity contribution in [1.29, 1.82) is 0 Å². The first-order valence-electron chi connectivity index (χ1n) is 7.06. The fourth-order valence-electron chi connectivity index (χ4n) is 2.59. The summed E-state index contributed by atoms with van der Waals surface area (Å²) in [6.07, 6.45) is 1.00. The van der Waals surface area contributed by atoms with Crippen LogP contribution in [-0.4, -0.2) is 30.6 Å². The Morgan fingerprint density at radius 3 is 3.10 bits per heavy atom. The Balaban J connectivity index is 1.87. The van der Waals surface area contributed by atoms with E-state index in [-0.39, 0.29) is 5.91 Å².